The first kappa shape index (κ1) is 11.5. The fourth-order valence-electron chi connectivity index (χ4n) is 0.856. The van der Waals surface area contributed by atoms with E-state index in [1.807, 2.05) is 6.92 Å². The van der Waals surface area contributed by atoms with Crippen LogP contribution in [0.2, 0.25) is 0 Å². The molecular formula is C9H13NO5. The number of oxazole rings is 1. The van der Waals surface area contributed by atoms with Crippen molar-refractivity contribution in [2.24, 2.45) is 0 Å². The molecule has 15 heavy (non-hydrogen) atoms. The molecule has 1 rings (SSSR count). The van der Waals surface area contributed by atoms with Gasteiger partial charge in [-0.1, -0.05) is 6.92 Å². The van der Waals surface area contributed by atoms with E-state index in [4.69, 9.17) is 19.0 Å². The number of ether oxygens (including phenoxy) is 2. The average Bonchev–Trinajstić information content (AvgIpc) is 2.66. The van der Waals surface area contributed by atoms with E-state index >= 15 is 0 Å². The summed E-state index contributed by atoms with van der Waals surface area (Å²) < 4.78 is 14.9. The van der Waals surface area contributed by atoms with Gasteiger partial charge in [0.2, 0.25) is 0 Å². The van der Waals surface area contributed by atoms with Gasteiger partial charge in [0.15, 0.2) is 5.69 Å². The van der Waals surface area contributed by atoms with E-state index in [-0.39, 0.29) is 11.8 Å². The average molecular weight is 215 g/mol. The zero-order chi connectivity index (χ0) is 11.1. The lowest BCUT2D eigenvalue weighted by Crippen LogP contribution is -2.07. The Bertz CT molecular complexity index is 309. The van der Waals surface area contributed by atoms with Gasteiger partial charge in [-0.2, -0.15) is 4.98 Å². The molecule has 0 saturated heterocycles. The van der Waals surface area contributed by atoms with Crippen molar-refractivity contribution >= 4 is 5.97 Å². The van der Waals surface area contributed by atoms with Crippen molar-refractivity contribution in [3.05, 3.63) is 12.0 Å². The van der Waals surface area contributed by atoms with Crippen LogP contribution in [0, 0.1) is 0 Å². The smallest absolute Gasteiger partial charge is 0.394 e. The summed E-state index contributed by atoms with van der Waals surface area (Å²) in [5.74, 6) is -1.14. The van der Waals surface area contributed by atoms with Crippen molar-refractivity contribution in [3.8, 4) is 6.08 Å². The molecule has 1 heterocycles. The lowest BCUT2D eigenvalue weighted by Gasteiger charge is -2.01. The molecule has 6 nitrogen and oxygen atoms in total. The number of rotatable bonds is 7. The highest BCUT2D eigenvalue weighted by molar-refractivity contribution is 5.84. The third-order valence-corrected chi connectivity index (χ3v) is 1.50. The molecule has 0 aromatic carbocycles. The van der Waals surface area contributed by atoms with Gasteiger partial charge < -0.3 is 19.0 Å². The molecule has 0 radical (unpaired) electrons. The van der Waals surface area contributed by atoms with Crippen LogP contribution >= 0.6 is 0 Å². The maximum atomic E-state index is 10.4. The summed E-state index contributed by atoms with van der Waals surface area (Å²) in [6.45, 7) is 3.40. The first-order chi connectivity index (χ1) is 7.24. The van der Waals surface area contributed by atoms with E-state index in [1.165, 1.54) is 0 Å². The number of aromatic carboxylic acids is 1. The molecule has 0 aliphatic carbocycles. The minimum Gasteiger partial charge on any atom is -0.476 e. The van der Waals surface area contributed by atoms with Gasteiger partial charge in [0.1, 0.15) is 12.9 Å². The van der Waals surface area contributed by atoms with E-state index in [0.717, 1.165) is 12.7 Å². The largest absolute Gasteiger partial charge is 0.476 e. The molecular weight excluding hydrogens is 202 g/mol. The minimum atomic E-state index is -1.14. The van der Waals surface area contributed by atoms with E-state index < -0.39 is 5.97 Å². The standard InChI is InChI=1S/C9H13NO5/c1-2-3-13-4-5-14-9-10-7(6-15-9)8(11)12/h6H,2-5H2,1H3,(H,11,12). The Kier molecular flexibility index (Phi) is 4.62. The van der Waals surface area contributed by atoms with E-state index in [1.54, 1.807) is 0 Å². The number of hydrogen-bond acceptors (Lipinski definition) is 5. The molecule has 0 saturated carbocycles. The molecule has 0 unspecified atom stereocenters. The number of nitrogens with zero attached hydrogens (tertiary/aromatic N) is 1. The van der Waals surface area contributed by atoms with Crippen LogP contribution in [0.1, 0.15) is 23.8 Å². The quantitative estimate of drug-likeness (QED) is 0.687. The summed E-state index contributed by atoms with van der Waals surface area (Å²) in [6.07, 6.45) is 1.93. The zero-order valence-corrected chi connectivity index (χ0v) is 8.43. The highest BCUT2D eigenvalue weighted by Crippen LogP contribution is 2.09. The molecule has 0 fully saturated rings. The molecule has 0 aliphatic heterocycles. The lowest BCUT2D eigenvalue weighted by molar-refractivity contribution is 0.0689. The van der Waals surface area contributed by atoms with Crippen LogP contribution in [-0.4, -0.2) is 35.9 Å². The third kappa shape index (κ3) is 3.99. The van der Waals surface area contributed by atoms with Crippen molar-refractivity contribution in [2.75, 3.05) is 19.8 Å². The van der Waals surface area contributed by atoms with Crippen LogP contribution in [0.25, 0.3) is 0 Å². The van der Waals surface area contributed by atoms with Gasteiger partial charge in [0, 0.05) is 6.61 Å². The second-order valence-electron chi connectivity index (χ2n) is 2.76. The Morgan fingerprint density at radius 2 is 2.33 bits per heavy atom. The zero-order valence-electron chi connectivity index (χ0n) is 8.43. The van der Waals surface area contributed by atoms with Gasteiger partial charge in [-0.25, -0.2) is 4.79 Å². The van der Waals surface area contributed by atoms with Crippen molar-refractivity contribution in [2.45, 2.75) is 13.3 Å². The van der Waals surface area contributed by atoms with Crippen molar-refractivity contribution in [3.63, 3.8) is 0 Å². The summed E-state index contributed by atoms with van der Waals surface area (Å²) in [5, 5.41) is 8.54. The van der Waals surface area contributed by atoms with E-state index in [9.17, 15) is 4.79 Å². The summed E-state index contributed by atoms with van der Waals surface area (Å²) in [5.41, 5.74) is -0.167. The van der Waals surface area contributed by atoms with Crippen LogP contribution in [0.15, 0.2) is 10.7 Å². The molecule has 84 valence electrons. The van der Waals surface area contributed by atoms with Crippen molar-refractivity contribution in [1.29, 1.82) is 0 Å². The Balaban J connectivity index is 2.23. The normalized spacial score (nSPS) is 10.2. The summed E-state index contributed by atoms with van der Waals surface area (Å²) >= 11 is 0. The van der Waals surface area contributed by atoms with Crippen molar-refractivity contribution in [1.82, 2.24) is 4.98 Å². The highest BCUT2D eigenvalue weighted by atomic mass is 16.6. The fraction of sp³-hybridized carbons (Fsp3) is 0.556. The summed E-state index contributed by atoms with van der Waals surface area (Å²) in [6, 6.07) is 0. The number of carbonyl (C=O) groups is 1. The molecule has 0 aliphatic rings. The second-order valence-corrected chi connectivity index (χ2v) is 2.76. The Labute approximate surface area is 86.8 Å². The van der Waals surface area contributed by atoms with Gasteiger partial charge in [-0.15, -0.1) is 0 Å². The Morgan fingerprint density at radius 1 is 1.53 bits per heavy atom. The molecule has 1 aromatic heterocycles. The van der Waals surface area contributed by atoms with Crippen LogP contribution < -0.4 is 4.74 Å². The van der Waals surface area contributed by atoms with Crippen molar-refractivity contribution < 1.29 is 23.8 Å². The Morgan fingerprint density at radius 3 is 2.93 bits per heavy atom. The minimum absolute atomic E-state index is 0.0486. The molecule has 1 N–H and O–H groups in total. The monoisotopic (exact) mass is 215 g/mol. The van der Waals surface area contributed by atoms with Gasteiger partial charge in [-0.3, -0.25) is 0 Å². The predicted molar refractivity (Wildman–Crippen MR) is 50.1 cm³/mol. The number of aromatic nitrogens is 1. The van der Waals surface area contributed by atoms with Gasteiger partial charge >= 0.3 is 12.0 Å². The molecule has 0 spiro atoms. The molecule has 6 heteroatoms. The summed E-state index contributed by atoms with van der Waals surface area (Å²) in [7, 11) is 0. The second kappa shape index (κ2) is 6.02. The Hall–Kier alpha value is -1.56. The first-order valence-electron chi connectivity index (χ1n) is 4.63. The molecule has 0 bridgehead atoms. The van der Waals surface area contributed by atoms with Crippen LogP contribution in [0.3, 0.4) is 0 Å². The fourth-order valence-corrected chi connectivity index (χ4v) is 0.856. The van der Waals surface area contributed by atoms with Gasteiger partial charge in [0.05, 0.1) is 6.61 Å². The number of carboxylic acid groups (broad SMARTS) is 1. The maximum Gasteiger partial charge on any atom is 0.394 e. The number of hydrogen-bond donors (Lipinski definition) is 1. The van der Waals surface area contributed by atoms with Crippen LogP contribution in [0.4, 0.5) is 0 Å². The van der Waals surface area contributed by atoms with E-state index in [2.05, 4.69) is 4.98 Å². The third-order valence-electron chi connectivity index (χ3n) is 1.50. The van der Waals surface area contributed by atoms with Crippen LogP contribution in [-0.2, 0) is 4.74 Å². The molecule has 0 atom stereocenters. The molecule has 0 amide bonds. The highest BCUT2D eigenvalue weighted by Gasteiger charge is 2.10. The SMILES string of the molecule is CCCOCCOc1nc(C(=O)O)co1. The van der Waals surface area contributed by atoms with Gasteiger partial charge in [0.25, 0.3) is 0 Å². The van der Waals surface area contributed by atoms with Gasteiger partial charge in [-0.05, 0) is 6.42 Å². The van der Waals surface area contributed by atoms with E-state index in [0.29, 0.717) is 19.8 Å². The topological polar surface area (TPSA) is 81.8 Å². The lowest BCUT2D eigenvalue weighted by atomic mass is 10.5. The molecule has 1 aromatic rings. The summed E-state index contributed by atoms with van der Waals surface area (Å²) in [4.78, 5) is 14.0. The number of carboxylic acids is 1. The predicted octanol–water partition coefficient (Wildman–Crippen LogP) is 1.18. The first-order valence-corrected chi connectivity index (χ1v) is 4.63. The van der Waals surface area contributed by atoms with Crippen LogP contribution in [0.5, 0.6) is 6.08 Å². The maximum absolute atomic E-state index is 10.4.